The highest BCUT2D eigenvalue weighted by Gasteiger charge is 2.20. The molecular formula is C55H34N6O2. The van der Waals surface area contributed by atoms with Gasteiger partial charge in [-0.2, -0.15) is 0 Å². The average Bonchev–Trinajstić information content (AvgIpc) is 3.90. The second-order valence-corrected chi connectivity index (χ2v) is 15.4. The van der Waals surface area contributed by atoms with Gasteiger partial charge in [-0.05, 0) is 72.3 Å². The van der Waals surface area contributed by atoms with E-state index in [4.69, 9.17) is 29.3 Å². The first-order chi connectivity index (χ1) is 31.1. The number of para-hydroxylation sites is 3. The van der Waals surface area contributed by atoms with E-state index in [0.717, 1.165) is 83.1 Å². The van der Waals surface area contributed by atoms with Crippen molar-refractivity contribution >= 4 is 43.9 Å². The molecule has 12 aromatic rings. The highest BCUT2D eigenvalue weighted by molar-refractivity contribution is 6.10. The summed E-state index contributed by atoms with van der Waals surface area (Å²) in [5, 5.41) is 14.5. The van der Waals surface area contributed by atoms with Gasteiger partial charge < -0.3 is 14.1 Å². The number of phenolic OH excluding ortho intramolecular Hbond substituents is 1. The van der Waals surface area contributed by atoms with E-state index in [1.807, 2.05) is 127 Å². The van der Waals surface area contributed by atoms with E-state index in [-0.39, 0.29) is 5.75 Å². The lowest BCUT2D eigenvalue weighted by atomic mass is 10.00. The van der Waals surface area contributed by atoms with Crippen molar-refractivity contribution in [1.29, 1.82) is 0 Å². The van der Waals surface area contributed by atoms with Crippen molar-refractivity contribution in [3.63, 3.8) is 0 Å². The molecule has 12 rings (SSSR count). The van der Waals surface area contributed by atoms with Crippen molar-refractivity contribution in [3.8, 4) is 79.4 Å². The molecule has 8 heteroatoms. The van der Waals surface area contributed by atoms with Gasteiger partial charge in [-0.3, -0.25) is 0 Å². The van der Waals surface area contributed by atoms with Gasteiger partial charge in [0, 0.05) is 55.2 Å². The van der Waals surface area contributed by atoms with Crippen molar-refractivity contribution in [3.05, 3.63) is 200 Å². The van der Waals surface area contributed by atoms with E-state index in [0.29, 0.717) is 34.4 Å². The Hall–Kier alpha value is -8.75. The van der Waals surface area contributed by atoms with E-state index in [2.05, 4.69) is 71.3 Å². The van der Waals surface area contributed by atoms with Crippen molar-refractivity contribution in [2.45, 2.75) is 0 Å². The second-order valence-electron chi connectivity index (χ2n) is 15.4. The summed E-state index contributed by atoms with van der Waals surface area (Å²) in [4.78, 5) is 25.3. The largest absolute Gasteiger partial charge is 0.507 e. The third-order valence-electron chi connectivity index (χ3n) is 11.6. The Morgan fingerprint density at radius 3 is 1.65 bits per heavy atom. The zero-order valence-corrected chi connectivity index (χ0v) is 33.6. The summed E-state index contributed by atoms with van der Waals surface area (Å²) in [7, 11) is 0. The predicted octanol–water partition coefficient (Wildman–Crippen LogP) is 13.4. The molecule has 0 saturated carbocycles. The molecule has 296 valence electrons. The minimum Gasteiger partial charge on any atom is -0.507 e. The molecule has 0 saturated heterocycles. The van der Waals surface area contributed by atoms with Crippen LogP contribution in [0.5, 0.6) is 5.75 Å². The normalized spacial score (nSPS) is 11.6. The molecule has 4 aromatic heterocycles. The number of nitrogens with zero attached hydrogens (tertiary/aromatic N) is 6. The second kappa shape index (κ2) is 14.8. The molecule has 0 atom stereocenters. The smallest absolute Gasteiger partial charge is 0.180 e. The van der Waals surface area contributed by atoms with Gasteiger partial charge in [0.05, 0.1) is 11.0 Å². The first kappa shape index (κ1) is 36.1. The van der Waals surface area contributed by atoms with Crippen LogP contribution in [0.3, 0.4) is 0 Å². The maximum atomic E-state index is 11.3. The van der Waals surface area contributed by atoms with Crippen LogP contribution >= 0.6 is 0 Å². The van der Waals surface area contributed by atoms with Crippen LogP contribution in [-0.4, -0.2) is 34.6 Å². The molecule has 63 heavy (non-hydrogen) atoms. The van der Waals surface area contributed by atoms with E-state index in [9.17, 15) is 5.11 Å². The summed E-state index contributed by atoms with van der Waals surface area (Å²) < 4.78 is 8.61. The first-order valence-corrected chi connectivity index (χ1v) is 20.7. The van der Waals surface area contributed by atoms with Crippen molar-refractivity contribution in [2.75, 3.05) is 0 Å². The molecular weight excluding hydrogens is 777 g/mol. The summed E-state index contributed by atoms with van der Waals surface area (Å²) in [6.45, 7) is 0. The third-order valence-corrected chi connectivity index (χ3v) is 11.6. The summed E-state index contributed by atoms with van der Waals surface area (Å²) in [5.74, 6) is 2.31. The van der Waals surface area contributed by atoms with Crippen LogP contribution in [0, 0.1) is 0 Å². The fourth-order valence-electron chi connectivity index (χ4n) is 8.53. The van der Waals surface area contributed by atoms with Gasteiger partial charge in [0.2, 0.25) is 0 Å². The number of benzene rings is 8. The van der Waals surface area contributed by atoms with Gasteiger partial charge >= 0.3 is 0 Å². The quantitative estimate of drug-likeness (QED) is 0.171. The van der Waals surface area contributed by atoms with E-state index >= 15 is 0 Å². The van der Waals surface area contributed by atoms with Gasteiger partial charge in [0.1, 0.15) is 22.5 Å². The Morgan fingerprint density at radius 1 is 0.381 bits per heavy atom. The first-order valence-electron chi connectivity index (χ1n) is 20.7. The van der Waals surface area contributed by atoms with Gasteiger partial charge in [0.15, 0.2) is 28.9 Å². The van der Waals surface area contributed by atoms with Gasteiger partial charge in [0.25, 0.3) is 0 Å². The maximum absolute atomic E-state index is 11.3. The highest BCUT2D eigenvalue weighted by atomic mass is 16.3. The Balaban J connectivity index is 0.952. The van der Waals surface area contributed by atoms with E-state index < -0.39 is 0 Å². The Labute approximate surface area is 361 Å². The molecule has 0 aliphatic rings. The average molecular weight is 811 g/mol. The molecule has 0 bridgehead atoms. The van der Waals surface area contributed by atoms with Gasteiger partial charge in [-0.1, -0.05) is 133 Å². The van der Waals surface area contributed by atoms with Crippen LogP contribution in [0.15, 0.2) is 205 Å². The van der Waals surface area contributed by atoms with Crippen LogP contribution in [-0.2, 0) is 0 Å². The van der Waals surface area contributed by atoms with Crippen LogP contribution < -0.4 is 0 Å². The minimum absolute atomic E-state index is 0.137. The molecule has 0 spiro atoms. The summed E-state index contributed by atoms with van der Waals surface area (Å²) in [6.07, 6.45) is 0. The molecule has 0 aliphatic heterocycles. The fraction of sp³-hybridized carbons (Fsp3) is 0. The lowest BCUT2D eigenvalue weighted by Crippen LogP contribution is -2.00. The number of phenols is 1. The maximum Gasteiger partial charge on any atom is 0.180 e. The predicted molar refractivity (Wildman–Crippen MR) is 251 cm³/mol. The molecule has 0 fully saturated rings. The van der Waals surface area contributed by atoms with Crippen LogP contribution in [0.1, 0.15) is 0 Å². The van der Waals surface area contributed by atoms with Crippen LogP contribution in [0.2, 0.25) is 0 Å². The Kier molecular flexibility index (Phi) is 8.46. The number of aromatic nitrogens is 6. The van der Waals surface area contributed by atoms with E-state index in [1.54, 1.807) is 6.07 Å². The zero-order valence-electron chi connectivity index (χ0n) is 33.6. The summed E-state index contributed by atoms with van der Waals surface area (Å²) >= 11 is 0. The van der Waals surface area contributed by atoms with Crippen molar-refractivity contribution < 1.29 is 9.52 Å². The summed E-state index contributed by atoms with van der Waals surface area (Å²) in [5.41, 5.74) is 11.9. The lowest BCUT2D eigenvalue weighted by molar-refractivity contribution is 0.477. The highest BCUT2D eigenvalue weighted by Crippen LogP contribution is 2.39. The number of aromatic hydroxyl groups is 1. The monoisotopic (exact) mass is 810 g/mol. The standard InChI is InChI=1S/C55H34N6O2/c62-47-31-29-39(32-43(47)34-24-26-37(27-25-34)52-56-49(35-14-4-1-5-15-35)51-50(57-52)42-21-11-13-23-48(42)63-51)55-59-53(36-16-6-2-7-17-36)58-54(60-55)38-28-30-46-44(33-38)41-20-10-12-22-45(41)61(46)40-18-8-3-9-19-40/h1-33,62H. The van der Waals surface area contributed by atoms with Crippen molar-refractivity contribution in [1.82, 2.24) is 29.5 Å². The van der Waals surface area contributed by atoms with Gasteiger partial charge in [-0.25, -0.2) is 24.9 Å². The van der Waals surface area contributed by atoms with Crippen LogP contribution in [0.25, 0.3) is 117 Å². The number of furan rings is 1. The minimum atomic E-state index is 0.137. The van der Waals surface area contributed by atoms with Crippen LogP contribution in [0.4, 0.5) is 0 Å². The Morgan fingerprint density at radius 2 is 0.905 bits per heavy atom. The SMILES string of the molecule is Oc1ccc(-c2nc(-c3ccccc3)nc(-c3ccc4c(c3)c3ccccc3n4-c3ccccc3)n2)cc1-c1ccc(-c2nc(-c3ccccc3)c3oc4ccccc4c3n2)cc1. The molecule has 0 amide bonds. The van der Waals surface area contributed by atoms with Gasteiger partial charge in [-0.15, -0.1) is 0 Å². The zero-order chi connectivity index (χ0) is 41.9. The lowest BCUT2D eigenvalue weighted by Gasteiger charge is -2.12. The number of fused-ring (bicyclic) bond motifs is 6. The molecule has 0 unspecified atom stereocenters. The third kappa shape index (κ3) is 6.28. The fourth-order valence-corrected chi connectivity index (χ4v) is 8.53. The van der Waals surface area contributed by atoms with Crippen molar-refractivity contribution in [2.24, 2.45) is 0 Å². The molecule has 8 nitrogen and oxygen atoms in total. The Bertz CT molecular complexity index is 3680. The summed E-state index contributed by atoms with van der Waals surface area (Å²) in [6, 6.07) is 66.6. The molecule has 1 N–H and O–H groups in total. The van der Waals surface area contributed by atoms with E-state index in [1.165, 1.54) is 0 Å². The topological polar surface area (TPSA) is 103 Å². The number of rotatable bonds is 7. The molecule has 8 aromatic carbocycles. The number of hydrogen-bond acceptors (Lipinski definition) is 7. The molecule has 4 heterocycles. The molecule has 0 aliphatic carbocycles. The number of hydrogen-bond donors (Lipinski definition) is 1. The molecule has 0 radical (unpaired) electrons.